The van der Waals surface area contributed by atoms with Gasteiger partial charge in [0.2, 0.25) is 0 Å². The van der Waals surface area contributed by atoms with Gasteiger partial charge >= 0.3 is 0 Å². The first-order valence-corrected chi connectivity index (χ1v) is 6.41. The first kappa shape index (κ1) is 11.1. The number of pyridine rings is 1. The van der Waals surface area contributed by atoms with Crippen molar-refractivity contribution in [3.05, 3.63) is 42.2 Å². The Balaban J connectivity index is 1.70. The molecule has 3 heterocycles. The zero-order valence-corrected chi connectivity index (χ0v) is 10.6. The summed E-state index contributed by atoms with van der Waals surface area (Å²) in [5, 5.41) is 3.34. The maximum atomic E-state index is 5.96. The lowest BCUT2D eigenvalue weighted by molar-refractivity contribution is 0.202. The van der Waals surface area contributed by atoms with Crippen LogP contribution >= 0.6 is 0 Å². The molecule has 1 aliphatic heterocycles. The zero-order valence-electron chi connectivity index (χ0n) is 10.6. The summed E-state index contributed by atoms with van der Waals surface area (Å²) in [7, 11) is 0. The summed E-state index contributed by atoms with van der Waals surface area (Å²) in [4.78, 5) is 11.9. The van der Waals surface area contributed by atoms with Crippen LogP contribution in [0.3, 0.4) is 0 Å². The standard InChI is InChI=1S/C14H13N5O/c15-12-6-5-9-13(18-12)19-14(17-9)11-7-16-8-3-1-2-4-10(8)20-11/h1-6,11,16H,7H2,(H3,15,17,18,19). The zero-order chi connectivity index (χ0) is 13.5. The molecular weight excluding hydrogens is 254 g/mol. The van der Waals surface area contributed by atoms with E-state index in [1.807, 2.05) is 30.3 Å². The lowest BCUT2D eigenvalue weighted by Gasteiger charge is -2.25. The van der Waals surface area contributed by atoms with E-state index in [1.165, 1.54) is 0 Å². The van der Waals surface area contributed by atoms with E-state index in [0.717, 1.165) is 22.8 Å². The Morgan fingerprint density at radius 3 is 3.00 bits per heavy atom. The average Bonchev–Trinajstić information content (AvgIpc) is 2.89. The average molecular weight is 267 g/mol. The fourth-order valence-electron chi connectivity index (χ4n) is 2.34. The van der Waals surface area contributed by atoms with Gasteiger partial charge in [-0.1, -0.05) is 12.1 Å². The van der Waals surface area contributed by atoms with Gasteiger partial charge in [-0.2, -0.15) is 0 Å². The number of aromatic amines is 1. The SMILES string of the molecule is Nc1ccc2[nH]c(C3CNc4ccccc4O3)nc2n1. The number of anilines is 2. The number of nitrogen functional groups attached to an aromatic ring is 1. The molecule has 20 heavy (non-hydrogen) atoms. The number of H-pyrrole nitrogens is 1. The molecule has 1 atom stereocenters. The third-order valence-corrected chi connectivity index (χ3v) is 3.32. The van der Waals surface area contributed by atoms with Crippen LogP contribution in [0.5, 0.6) is 5.75 Å². The van der Waals surface area contributed by atoms with Crippen LogP contribution in [0, 0.1) is 0 Å². The summed E-state index contributed by atoms with van der Waals surface area (Å²) in [6, 6.07) is 11.5. The number of hydrogen-bond acceptors (Lipinski definition) is 5. The molecule has 0 amide bonds. The van der Waals surface area contributed by atoms with E-state index >= 15 is 0 Å². The second-order valence-electron chi connectivity index (χ2n) is 4.71. The molecule has 100 valence electrons. The number of ether oxygens (including phenoxy) is 1. The van der Waals surface area contributed by atoms with Gasteiger partial charge < -0.3 is 20.8 Å². The number of nitrogens with one attached hydrogen (secondary N) is 2. The van der Waals surface area contributed by atoms with Gasteiger partial charge in [-0.25, -0.2) is 9.97 Å². The smallest absolute Gasteiger partial charge is 0.179 e. The Hall–Kier alpha value is -2.76. The van der Waals surface area contributed by atoms with Crippen molar-refractivity contribution >= 4 is 22.7 Å². The van der Waals surface area contributed by atoms with Crippen molar-refractivity contribution in [2.24, 2.45) is 0 Å². The maximum absolute atomic E-state index is 5.96. The summed E-state index contributed by atoms with van der Waals surface area (Å²) in [6.07, 6.45) is -0.166. The molecule has 2 aromatic heterocycles. The maximum Gasteiger partial charge on any atom is 0.179 e. The number of imidazole rings is 1. The minimum atomic E-state index is -0.166. The van der Waals surface area contributed by atoms with E-state index in [-0.39, 0.29) is 6.10 Å². The Bertz CT molecular complexity index is 782. The number of fused-ring (bicyclic) bond motifs is 2. The number of hydrogen-bond donors (Lipinski definition) is 3. The first-order chi connectivity index (χ1) is 9.79. The highest BCUT2D eigenvalue weighted by Gasteiger charge is 2.23. The van der Waals surface area contributed by atoms with Gasteiger partial charge in [0.25, 0.3) is 0 Å². The Labute approximate surface area is 115 Å². The van der Waals surface area contributed by atoms with Crippen LogP contribution in [0.1, 0.15) is 11.9 Å². The van der Waals surface area contributed by atoms with E-state index in [1.54, 1.807) is 6.07 Å². The quantitative estimate of drug-likeness (QED) is 0.628. The molecule has 6 heteroatoms. The van der Waals surface area contributed by atoms with Crippen molar-refractivity contribution in [3.8, 4) is 5.75 Å². The van der Waals surface area contributed by atoms with Gasteiger partial charge in [0, 0.05) is 0 Å². The van der Waals surface area contributed by atoms with Crippen LogP contribution in [-0.2, 0) is 0 Å². The molecular formula is C14H13N5O. The molecule has 0 saturated carbocycles. The minimum Gasteiger partial charge on any atom is -0.478 e. The second-order valence-corrected chi connectivity index (χ2v) is 4.71. The van der Waals surface area contributed by atoms with Crippen LogP contribution in [0.4, 0.5) is 11.5 Å². The Kier molecular flexibility index (Phi) is 2.29. The summed E-state index contributed by atoms with van der Waals surface area (Å²) in [5.74, 6) is 2.04. The van der Waals surface area contributed by atoms with Crippen molar-refractivity contribution in [3.63, 3.8) is 0 Å². The minimum absolute atomic E-state index is 0.166. The molecule has 0 aliphatic carbocycles. The van der Waals surface area contributed by atoms with Crippen molar-refractivity contribution in [1.29, 1.82) is 0 Å². The predicted molar refractivity (Wildman–Crippen MR) is 76.6 cm³/mol. The lowest BCUT2D eigenvalue weighted by atomic mass is 10.2. The molecule has 1 aromatic carbocycles. The van der Waals surface area contributed by atoms with Crippen LogP contribution in [-0.4, -0.2) is 21.5 Å². The molecule has 4 N–H and O–H groups in total. The van der Waals surface area contributed by atoms with E-state index < -0.39 is 0 Å². The number of rotatable bonds is 1. The van der Waals surface area contributed by atoms with E-state index in [9.17, 15) is 0 Å². The van der Waals surface area contributed by atoms with Gasteiger partial charge in [-0.05, 0) is 24.3 Å². The molecule has 3 aromatic rings. The van der Waals surface area contributed by atoms with Crippen LogP contribution in [0.25, 0.3) is 11.2 Å². The summed E-state index contributed by atoms with van der Waals surface area (Å²) in [5.41, 5.74) is 8.14. The molecule has 1 unspecified atom stereocenters. The monoisotopic (exact) mass is 267 g/mol. The summed E-state index contributed by atoms with van der Waals surface area (Å²) in [6.45, 7) is 0.659. The van der Waals surface area contributed by atoms with Crippen LogP contribution < -0.4 is 15.8 Å². The number of nitrogens with zero attached hydrogens (tertiary/aromatic N) is 2. The molecule has 0 spiro atoms. The van der Waals surface area contributed by atoms with Gasteiger partial charge in [0.1, 0.15) is 11.6 Å². The number of benzene rings is 1. The number of nitrogens with two attached hydrogens (primary N) is 1. The van der Waals surface area contributed by atoms with E-state index in [4.69, 9.17) is 10.5 Å². The number of para-hydroxylation sites is 2. The predicted octanol–water partition coefficient (Wildman–Crippen LogP) is 2.09. The van der Waals surface area contributed by atoms with Crippen molar-refractivity contribution < 1.29 is 4.74 Å². The van der Waals surface area contributed by atoms with Gasteiger partial charge in [-0.3, -0.25) is 0 Å². The van der Waals surface area contributed by atoms with Crippen LogP contribution in [0.15, 0.2) is 36.4 Å². The first-order valence-electron chi connectivity index (χ1n) is 6.41. The molecule has 1 aliphatic rings. The van der Waals surface area contributed by atoms with Gasteiger partial charge in [0.15, 0.2) is 17.6 Å². The van der Waals surface area contributed by atoms with Crippen molar-refractivity contribution in [2.75, 3.05) is 17.6 Å². The fraction of sp³-hybridized carbons (Fsp3) is 0.143. The molecule has 0 bridgehead atoms. The topological polar surface area (TPSA) is 88.9 Å². The highest BCUT2D eigenvalue weighted by Crippen LogP contribution is 2.33. The van der Waals surface area contributed by atoms with Crippen molar-refractivity contribution in [1.82, 2.24) is 15.0 Å². The van der Waals surface area contributed by atoms with Gasteiger partial charge in [0.05, 0.1) is 17.7 Å². The normalized spacial score (nSPS) is 17.3. The highest BCUT2D eigenvalue weighted by atomic mass is 16.5. The molecule has 6 nitrogen and oxygen atoms in total. The van der Waals surface area contributed by atoms with Gasteiger partial charge in [-0.15, -0.1) is 0 Å². The molecule has 4 rings (SSSR count). The largest absolute Gasteiger partial charge is 0.478 e. The molecule has 0 radical (unpaired) electrons. The Morgan fingerprint density at radius 1 is 1.15 bits per heavy atom. The van der Waals surface area contributed by atoms with Crippen LogP contribution in [0.2, 0.25) is 0 Å². The molecule has 0 fully saturated rings. The molecule has 0 saturated heterocycles. The van der Waals surface area contributed by atoms with Crippen molar-refractivity contribution in [2.45, 2.75) is 6.10 Å². The second kappa shape index (κ2) is 4.12. The summed E-state index contributed by atoms with van der Waals surface area (Å²) >= 11 is 0. The Morgan fingerprint density at radius 2 is 2.05 bits per heavy atom. The van der Waals surface area contributed by atoms with E-state index in [2.05, 4.69) is 20.3 Å². The number of aromatic nitrogens is 3. The fourth-order valence-corrected chi connectivity index (χ4v) is 2.34. The third-order valence-electron chi connectivity index (χ3n) is 3.32. The van der Waals surface area contributed by atoms with E-state index in [0.29, 0.717) is 18.0 Å². The third kappa shape index (κ3) is 1.73. The summed E-state index contributed by atoms with van der Waals surface area (Å²) < 4.78 is 5.96. The highest BCUT2D eigenvalue weighted by molar-refractivity contribution is 5.72. The lowest BCUT2D eigenvalue weighted by Crippen LogP contribution is -2.24.